The average molecular weight is 315 g/mol. The van der Waals surface area contributed by atoms with Crippen LogP contribution in [-0.4, -0.2) is 32.6 Å². The molecule has 0 heterocycles. The highest BCUT2D eigenvalue weighted by Crippen LogP contribution is 2.15. The lowest BCUT2D eigenvalue weighted by Crippen LogP contribution is -2.22. The van der Waals surface area contributed by atoms with Crippen molar-refractivity contribution in [3.8, 4) is 0 Å². The summed E-state index contributed by atoms with van der Waals surface area (Å²) in [6, 6.07) is 15.4. The van der Waals surface area contributed by atoms with Crippen LogP contribution in [0.25, 0.3) is 6.08 Å². The van der Waals surface area contributed by atoms with E-state index in [9.17, 15) is 13.2 Å². The molecule has 114 valence electrons. The fourth-order valence-corrected chi connectivity index (χ4v) is 2.74. The van der Waals surface area contributed by atoms with E-state index in [1.165, 1.54) is 44.4 Å². The molecule has 5 heteroatoms. The van der Waals surface area contributed by atoms with Crippen molar-refractivity contribution in [3.05, 3.63) is 71.8 Å². The van der Waals surface area contributed by atoms with Gasteiger partial charge >= 0.3 is 0 Å². The zero-order valence-corrected chi connectivity index (χ0v) is 13.2. The van der Waals surface area contributed by atoms with E-state index in [4.69, 9.17) is 0 Å². The van der Waals surface area contributed by atoms with Gasteiger partial charge in [0.1, 0.15) is 0 Å². The second-order valence-corrected chi connectivity index (χ2v) is 7.07. The molecule has 2 rings (SSSR count). The van der Waals surface area contributed by atoms with Crippen molar-refractivity contribution in [1.29, 1.82) is 0 Å². The highest BCUT2D eigenvalue weighted by atomic mass is 32.2. The van der Waals surface area contributed by atoms with Gasteiger partial charge in [-0.25, -0.2) is 12.7 Å². The Morgan fingerprint density at radius 2 is 1.55 bits per heavy atom. The molecule has 22 heavy (non-hydrogen) atoms. The van der Waals surface area contributed by atoms with E-state index in [0.717, 1.165) is 9.87 Å². The molecule has 0 radical (unpaired) electrons. The highest BCUT2D eigenvalue weighted by molar-refractivity contribution is 7.89. The summed E-state index contributed by atoms with van der Waals surface area (Å²) in [5.74, 6) is -0.169. The maximum atomic E-state index is 12.1. The molecule has 4 nitrogen and oxygen atoms in total. The van der Waals surface area contributed by atoms with E-state index in [1.807, 2.05) is 30.3 Å². The molecule has 0 bridgehead atoms. The number of rotatable bonds is 5. The first kappa shape index (κ1) is 16.1. The summed E-state index contributed by atoms with van der Waals surface area (Å²) in [4.78, 5) is 12.2. The van der Waals surface area contributed by atoms with Crippen LogP contribution < -0.4 is 0 Å². The third-order valence-corrected chi connectivity index (χ3v) is 4.97. The minimum Gasteiger partial charge on any atom is -0.289 e. The van der Waals surface area contributed by atoms with Gasteiger partial charge in [0.05, 0.1) is 4.90 Å². The van der Waals surface area contributed by atoms with Gasteiger partial charge in [0.15, 0.2) is 5.78 Å². The van der Waals surface area contributed by atoms with E-state index >= 15 is 0 Å². The molecule has 0 aromatic heterocycles. The molecule has 2 aromatic carbocycles. The van der Waals surface area contributed by atoms with Crippen molar-refractivity contribution in [3.63, 3.8) is 0 Å². The number of carbonyl (C=O) groups excluding carboxylic acids is 1. The zero-order valence-electron chi connectivity index (χ0n) is 12.4. The van der Waals surface area contributed by atoms with Crippen LogP contribution in [-0.2, 0) is 10.0 Å². The molecule has 0 spiro atoms. The van der Waals surface area contributed by atoms with E-state index in [1.54, 1.807) is 6.08 Å². The van der Waals surface area contributed by atoms with Crippen LogP contribution in [0.1, 0.15) is 15.9 Å². The summed E-state index contributed by atoms with van der Waals surface area (Å²) in [5, 5.41) is 0. The van der Waals surface area contributed by atoms with Gasteiger partial charge in [-0.2, -0.15) is 0 Å². The summed E-state index contributed by atoms with van der Waals surface area (Å²) in [7, 11) is -0.532. The lowest BCUT2D eigenvalue weighted by Gasteiger charge is -2.11. The molecule has 0 aliphatic heterocycles. The van der Waals surface area contributed by atoms with Crippen LogP contribution in [0.4, 0.5) is 0 Å². The first-order valence-electron chi connectivity index (χ1n) is 6.71. The number of benzene rings is 2. The predicted molar refractivity (Wildman–Crippen MR) is 87.1 cm³/mol. The third-order valence-electron chi connectivity index (χ3n) is 3.14. The minimum absolute atomic E-state index is 0.168. The number of hydrogen-bond donors (Lipinski definition) is 0. The van der Waals surface area contributed by atoms with Gasteiger partial charge in [0, 0.05) is 19.7 Å². The Labute approximate surface area is 130 Å². The van der Waals surface area contributed by atoms with E-state index in [-0.39, 0.29) is 10.7 Å². The Kier molecular flexibility index (Phi) is 4.90. The molecule has 0 amide bonds. The molecule has 0 fully saturated rings. The Morgan fingerprint density at radius 3 is 2.09 bits per heavy atom. The molecule has 0 aliphatic rings. The van der Waals surface area contributed by atoms with Gasteiger partial charge in [0.25, 0.3) is 0 Å². The van der Waals surface area contributed by atoms with Gasteiger partial charge in [-0.15, -0.1) is 0 Å². The standard InChI is InChI=1S/C17H17NO3S/c1-18(2)22(20,21)16-11-9-15(10-12-16)17(19)13-8-14-6-4-3-5-7-14/h3-13H,1-2H3. The molecule has 0 saturated heterocycles. The summed E-state index contributed by atoms with van der Waals surface area (Å²) >= 11 is 0. The topological polar surface area (TPSA) is 54.5 Å². The Morgan fingerprint density at radius 1 is 0.955 bits per heavy atom. The van der Waals surface area contributed by atoms with Crippen LogP contribution in [0, 0.1) is 0 Å². The lowest BCUT2D eigenvalue weighted by molar-refractivity contribution is 0.104. The van der Waals surface area contributed by atoms with Gasteiger partial charge in [-0.3, -0.25) is 4.79 Å². The Balaban J connectivity index is 2.17. The molecule has 0 unspecified atom stereocenters. The Hall–Kier alpha value is -2.24. The van der Waals surface area contributed by atoms with Crippen LogP contribution in [0.3, 0.4) is 0 Å². The van der Waals surface area contributed by atoms with Crippen molar-refractivity contribution in [2.75, 3.05) is 14.1 Å². The number of ketones is 1. The molecule has 0 atom stereocenters. The summed E-state index contributed by atoms with van der Waals surface area (Å²) in [6.07, 6.45) is 3.21. The first-order valence-corrected chi connectivity index (χ1v) is 8.15. The SMILES string of the molecule is CN(C)S(=O)(=O)c1ccc(C(=O)C=Cc2ccccc2)cc1. The van der Waals surface area contributed by atoms with E-state index < -0.39 is 10.0 Å². The number of carbonyl (C=O) groups is 1. The minimum atomic E-state index is -3.47. The maximum Gasteiger partial charge on any atom is 0.242 e. The monoisotopic (exact) mass is 315 g/mol. The average Bonchev–Trinajstić information content (AvgIpc) is 2.53. The summed E-state index contributed by atoms with van der Waals surface area (Å²) in [6.45, 7) is 0. The van der Waals surface area contributed by atoms with Crippen LogP contribution in [0.5, 0.6) is 0 Å². The first-order chi connectivity index (χ1) is 10.4. The molecule has 2 aromatic rings. The van der Waals surface area contributed by atoms with Crippen molar-refractivity contribution >= 4 is 21.9 Å². The largest absolute Gasteiger partial charge is 0.289 e. The van der Waals surface area contributed by atoms with Crippen molar-refractivity contribution in [2.45, 2.75) is 4.90 Å². The highest BCUT2D eigenvalue weighted by Gasteiger charge is 2.17. The predicted octanol–water partition coefficient (Wildman–Crippen LogP) is 2.83. The fraction of sp³-hybridized carbons (Fsp3) is 0.118. The normalized spacial score (nSPS) is 12.0. The van der Waals surface area contributed by atoms with Crippen LogP contribution >= 0.6 is 0 Å². The molecule has 0 saturated carbocycles. The van der Waals surface area contributed by atoms with Crippen LogP contribution in [0.15, 0.2) is 65.6 Å². The number of hydrogen-bond acceptors (Lipinski definition) is 3. The Bertz CT molecular complexity index is 776. The second-order valence-electron chi connectivity index (χ2n) is 4.92. The lowest BCUT2D eigenvalue weighted by atomic mass is 10.1. The van der Waals surface area contributed by atoms with E-state index in [2.05, 4.69) is 0 Å². The molecular formula is C17H17NO3S. The van der Waals surface area contributed by atoms with Gasteiger partial charge < -0.3 is 0 Å². The quantitative estimate of drug-likeness (QED) is 0.630. The van der Waals surface area contributed by atoms with Crippen LogP contribution in [0.2, 0.25) is 0 Å². The van der Waals surface area contributed by atoms with E-state index in [0.29, 0.717) is 5.56 Å². The molecular weight excluding hydrogens is 298 g/mol. The second kappa shape index (κ2) is 6.68. The zero-order chi connectivity index (χ0) is 16.2. The van der Waals surface area contributed by atoms with Gasteiger partial charge in [-0.1, -0.05) is 36.4 Å². The van der Waals surface area contributed by atoms with Crippen molar-refractivity contribution in [2.24, 2.45) is 0 Å². The van der Waals surface area contributed by atoms with Crippen molar-refractivity contribution < 1.29 is 13.2 Å². The molecule has 0 aliphatic carbocycles. The molecule has 0 N–H and O–H groups in total. The third kappa shape index (κ3) is 3.69. The maximum absolute atomic E-state index is 12.1. The number of sulfonamides is 1. The fourth-order valence-electron chi connectivity index (χ4n) is 1.83. The summed E-state index contributed by atoms with van der Waals surface area (Å²) in [5.41, 5.74) is 1.38. The summed E-state index contributed by atoms with van der Waals surface area (Å²) < 4.78 is 25.0. The number of allylic oxidation sites excluding steroid dienone is 1. The number of nitrogens with zero attached hydrogens (tertiary/aromatic N) is 1. The van der Waals surface area contributed by atoms with Gasteiger partial charge in [-0.05, 0) is 35.9 Å². The smallest absolute Gasteiger partial charge is 0.242 e. The van der Waals surface area contributed by atoms with Crippen molar-refractivity contribution in [1.82, 2.24) is 4.31 Å². The van der Waals surface area contributed by atoms with Gasteiger partial charge in [0.2, 0.25) is 10.0 Å².